The monoisotopic (exact) mass is 1850 g/mol. The van der Waals surface area contributed by atoms with Crippen LogP contribution >= 0.6 is 31.3 Å². The molecule has 1 aromatic carbocycles. The number of amides is 7. The molecule has 123 heavy (non-hydrogen) atoms. The van der Waals surface area contributed by atoms with Crippen molar-refractivity contribution in [2.24, 2.45) is 94.7 Å². The van der Waals surface area contributed by atoms with Crippen LogP contribution in [0.3, 0.4) is 0 Å². The van der Waals surface area contributed by atoms with Crippen LogP contribution in [0.5, 0.6) is 0 Å². The van der Waals surface area contributed by atoms with E-state index in [0.29, 0.717) is 67.6 Å². The Balaban J connectivity index is 0.000000521. The second kappa shape index (κ2) is 39.1. The van der Waals surface area contributed by atoms with Gasteiger partial charge in [0.15, 0.2) is 23.9 Å². The third-order valence-electron chi connectivity index (χ3n) is 23.7. The summed E-state index contributed by atoms with van der Waals surface area (Å²) in [6.07, 6.45) is -5.69. The summed E-state index contributed by atoms with van der Waals surface area (Å²) < 4.78 is 69.9. The van der Waals surface area contributed by atoms with Gasteiger partial charge in [0.25, 0.3) is 7.82 Å². The molecule has 0 saturated carbocycles. The minimum absolute atomic E-state index is 0. The van der Waals surface area contributed by atoms with Crippen LogP contribution in [0.25, 0.3) is 27.5 Å². The molecule has 10 heterocycles. The van der Waals surface area contributed by atoms with E-state index < -0.39 is 191 Å². The first kappa shape index (κ1) is 102. The first-order valence-corrected chi connectivity index (χ1v) is 44.3. The molecule has 51 heteroatoms. The number of hydrogen-bond donors (Lipinski definition) is 19. The molecule has 8 bridgehead atoms. The Kier molecular flexibility index (Phi) is 32.5. The fraction of sp³-hybridized carbons (Fsp3) is 0.597. The number of anilines is 1. The molecular formula is C72H107CoN18O28P4. The first-order valence-electron chi connectivity index (χ1n) is 38.2. The zero-order valence-corrected chi connectivity index (χ0v) is 73.6. The molecule has 682 valence electrons. The molecule has 26 N–H and O–H groups in total. The number of aromatic nitrogens is 6. The predicted octanol–water partition coefficient (Wildman–Crippen LogP) is 0.434. The molecule has 11 unspecified atom stereocenters. The van der Waals surface area contributed by atoms with Gasteiger partial charge in [0.1, 0.15) is 36.3 Å². The summed E-state index contributed by atoms with van der Waals surface area (Å²) in [6, 6.07) is 2.65. The number of imidazole rings is 2. The van der Waals surface area contributed by atoms with E-state index in [4.69, 9.17) is 118 Å². The number of aliphatic hydroxyl groups excluding tert-OH is 4. The molecule has 3 aromatic heterocycles. The van der Waals surface area contributed by atoms with Crippen molar-refractivity contribution in [2.45, 2.75) is 214 Å². The van der Waals surface area contributed by atoms with Crippen molar-refractivity contribution in [3.63, 3.8) is 0 Å². The van der Waals surface area contributed by atoms with Gasteiger partial charge >= 0.3 is 40.2 Å². The number of aliphatic hydroxyl groups is 4. The van der Waals surface area contributed by atoms with Crippen molar-refractivity contribution in [3.8, 4) is 0 Å². The number of nitrogens with one attached hydrogen (secondary N) is 1. The maximum atomic E-state index is 14.4. The van der Waals surface area contributed by atoms with Crippen LogP contribution in [-0.2, 0) is 91.4 Å². The van der Waals surface area contributed by atoms with Gasteiger partial charge < -0.3 is 140 Å². The third-order valence-corrected chi connectivity index (χ3v) is 26.5. The average Bonchev–Trinajstić information content (AvgIpc) is 1.52. The Morgan fingerprint density at radius 3 is 1.76 bits per heavy atom. The van der Waals surface area contributed by atoms with Crippen molar-refractivity contribution in [3.05, 3.63) is 88.8 Å². The second-order valence-corrected chi connectivity index (χ2v) is 37.7. The molecule has 4 aromatic rings. The van der Waals surface area contributed by atoms with E-state index in [9.17, 15) is 72.6 Å². The van der Waals surface area contributed by atoms with E-state index in [-0.39, 0.29) is 99.8 Å². The molecule has 0 aliphatic carbocycles. The fourth-order valence-corrected chi connectivity index (χ4v) is 19.7. The van der Waals surface area contributed by atoms with Crippen LogP contribution in [0.1, 0.15) is 157 Å². The summed E-state index contributed by atoms with van der Waals surface area (Å²) in [7, 11) is -20.1. The Morgan fingerprint density at radius 2 is 1.24 bits per heavy atom. The average molecular weight is 1860 g/mol. The predicted molar refractivity (Wildman–Crippen MR) is 432 cm³/mol. The van der Waals surface area contributed by atoms with Crippen molar-refractivity contribution >= 4 is 118 Å². The van der Waals surface area contributed by atoms with Crippen LogP contribution in [0.2, 0.25) is 0 Å². The SMILES string of the molecule is C/C1=C2N=C(/C=C3N=C(/C(C)=C4\[N-]C(C(CC(N)=O)C4(C)CCC(=O)NCC(C)OP(=O)([O-])O[C@H]4[C@@H](O)[C@@H](n5cnc6cc(C)c(C)cc65)O[C@@H]4CO)C4(C)N=C1C(CCC(N)=O)C4(C)CC(N)=O)C(CCC(N)=O)C\3(C)C)C(CCC(N)=O)C/2(C)CC(N)=O.O=P(O)(O)O.O=P(O)(O)OP(=O)(O)O.[CH2-][C@H]1O[C@@H](n2cnc3c(N)ncnc32)[C@H](O)[C@@H]1O.[Co+3]. The van der Waals surface area contributed by atoms with E-state index in [2.05, 4.69) is 36.5 Å². The topological polar surface area (TPSA) is 786 Å². The standard InChI is InChI=1S/C62H90N13O14P.C10H12N5O3.Co.H4O7P2.H3O4P/c1-29-20-39-40(21-30(29)2)75(28-70-39)57-52(84)53(41(27-76)87-57)89-90(85,86)88-31(3)26-69-49(83)18-19-59(8)37(22-46(66)80)56-62(11)61(10,25-48(68)82)36(14-17-45(65)79)51(74-62)33(5)55-60(9,24-47(67)81)34(12-15-43(63)77)38(71-55)23-42-58(6,7)35(13-16-44(64)78)50(72-42)32(4)54(59)73-56;1-4-6(16)7(17)10(18-4)15-3-14-5-8(11)12-2-13-9(5)15;;1-8(2,3)7-9(4,5)6;1-5(2,3)4/h20-21,23,28,31,34-37,41,52-53,56-57,76,84H,12-19,22,24-27H2,1-11H3,(H15,63,64,65,66,67,68,69,71,72,73,74,77,78,79,80,81,82,83,85,86);2-4,6-7,10,16-17H,1H2,(H2,11,12,13);;(H2,1,2,3)(H2,4,5,6);(H3,1,2,3,4)/q;-1;+3;;/p-2/t31?,34?,35?,36?,37?,41-,52-,53-,56?,57+,59?,60?,61?,62?;4-,6-,7-,10-;;;/m11.../s1. The number of phosphoric ester groups is 1. The zero-order chi connectivity index (χ0) is 91.8. The molecule has 46 nitrogen and oxygen atoms in total. The Bertz CT molecular complexity index is 5090. The van der Waals surface area contributed by atoms with E-state index in [1.165, 1.54) is 35.0 Å². The van der Waals surface area contributed by atoms with Gasteiger partial charge in [-0.2, -0.15) is 10.0 Å². The molecule has 3 fully saturated rings. The molecule has 7 aliphatic heterocycles. The number of hydrogen-bond acceptors (Lipinski definition) is 29. The zero-order valence-electron chi connectivity index (χ0n) is 68.9. The van der Waals surface area contributed by atoms with Gasteiger partial charge in [-0.15, -0.1) is 0 Å². The molecule has 0 spiro atoms. The number of fused-ring (bicyclic) bond motifs is 8. The minimum atomic E-state index is -5.32. The quantitative estimate of drug-likeness (QED) is 0.0259. The number of phosphoric acid groups is 4. The summed E-state index contributed by atoms with van der Waals surface area (Å²) in [4.78, 5) is 192. The van der Waals surface area contributed by atoms with Crippen molar-refractivity contribution < 1.29 is 151 Å². The smallest absolute Gasteiger partial charge is 0.756 e. The number of aliphatic imine (C=N–C) groups is 3. The molecule has 7 amide bonds. The van der Waals surface area contributed by atoms with Gasteiger partial charge in [0.2, 0.25) is 41.4 Å². The van der Waals surface area contributed by atoms with E-state index in [1.54, 1.807) is 6.92 Å². The molecule has 11 rings (SSSR count). The number of primary amides is 6. The van der Waals surface area contributed by atoms with Crippen molar-refractivity contribution in [2.75, 3.05) is 18.9 Å². The van der Waals surface area contributed by atoms with Crippen LogP contribution in [-0.4, -0.2) is 210 Å². The number of carbonyl (C=O) groups excluding carboxylic acids is 7. The number of allylic oxidation sites excluding steroid dienone is 6. The van der Waals surface area contributed by atoms with Gasteiger partial charge in [-0.1, -0.05) is 40.7 Å². The first-order chi connectivity index (χ1) is 56.1. The van der Waals surface area contributed by atoms with Gasteiger partial charge in [-0.25, -0.2) is 33.6 Å². The number of aryl methyl sites for hydroxylation is 2. The van der Waals surface area contributed by atoms with Crippen LogP contribution in [0.4, 0.5) is 5.82 Å². The number of ether oxygens (including phenoxy) is 2. The van der Waals surface area contributed by atoms with Gasteiger partial charge in [0.05, 0.1) is 53.7 Å². The number of nitrogens with zero attached hydrogens (tertiary/aromatic N) is 10. The number of benzene rings is 1. The van der Waals surface area contributed by atoms with E-state index >= 15 is 0 Å². The van der Waals surface area contributed by atoms with Gasteiger partial charge in [-0.05, 0) is 125 Å². The maximum Gasteiger partial charge on any atom is 3.00 e. The number of carbonyl (C=O) groups is 7. The second-order valence-electron chi connectivity index (χ2n) is 32.7. The Morgan fingerprint density at radius 1 is 0.683 bits per heavy atom. The summed E-state index contributed by atoms with van der Waals surface area (Å²) in [6.45, 7) is 22.6. The third kappa shape index (κ3) is 23.3. The Hall–Kier alpha value is -7.89. The fourth-order valence-electron chi connectivity index (χ4n) is 17.5. The summed E-state index contributed by atoms with van der Waals surface area (Å²) in [5.41, 5.74) is 43.2. The number of nitrogen functional groups attached to an aromatic ring is 1. The molecule has 7 aliphatic rings. The van der Waals surface area contributed by atoms with Crippen molar-refractivity contribution in [1.82, 2.24) is 34.4 Å². The minimum Gasteiger partial charge on any atom is -0.756 e. The molecule has 3 saturated heterocycles. The summed E-state index contributed by atoms with van der Waals surface area (Å²) in [5, 5.41) is 49.6. The number of rotatable bonds is 29. The van der Waals surface area contributed by atoms with Gasteiger partial charge in [-0.3, -0.25) is 57.7 Å². The van der Waals surface area contributed by atoms with E-state index in [0.717, 1.165) is 11.1 Å². The Labute approximate surface area is 715 Å². The normalized spacial score (nSPS) is 31.2. The summed E-state index contributed by atoms with van der Waals surface area (Å²) >= 11 is 0. The van der Waals surface area contributed by atoms with Gasteiger partial charge in [0, 0.05) is 108 Å². The maximum absolute atomic E-state index is 14.4. The van der Waals surface area contributed by atoms with Crippen LogP contribution < -0.4 is 50.3 Å². The molecular weight excluding hydrogens is 1750 g/mol. The van der Waals surface area contributed by atoms with Crippen molar-refractivity contribution in [1.29, 1.82) is 0 Å². The summed E-state index contributed by atoms with van der Waals surface area (Å²) in [5.74, 6) is -7.16. The molecule has 0 radical (unpaired) electrons. The number of nitrogens with two attached hydrogens (primary N) is 7. The van der Waals surface area contributed by atoms with Crippen LogP contribution in [0, 0.1) is 66.1 Å². The van der Waals surface area contributed by atoms with Crippen LogP contribution in [0.15, 0.2) is 80.4 Å². The molecule has 19 atom stereocenters. The van der Waals surface area contributed by atoms with E-state index in [1.807, 2.05) is 80.5 Å². The largest absolute Gasteiger partial charge is 3.00 e.